The second kappa shape index (κ2) is 7.41. The molecule has 138 valence electrons. The summed E-state index contributed by atoms with van der Waals surface area (Å²) in [5, 5.41) is 8.46. The number of hydrogen-bond donors (Lipinski definition) is 0. The predicted molar refractivity (Wildman–Crippen MR) is 101 cm³/mol. The van der Waals surface area contributed by atoms with Gasteiger partial charge in [-0.1, -0.05) is 0 Å². The van der Waals surface area contributed by atoms with E-state index in [9.17, 15) is 0 Å². The fourth-order valence-corrected chi connectivity index (χ4v) is 3.33. The zero-order valence-corrected chi connectivity index (χ0v) is 15.4. The molecule has 2 aliphatic rings. The Hall–Kier alpha value is -2.48. The Kier molecular flexibility index (Phi) is 4.83. The molecular weight excluding hydrogens is 330 g/mol. The summed E-state index contributed by atoms with van der Waals surface area (Å²) < 4.78 is 5.45. The summed E-state index contributed by atoms with van der Waals surface area (Å²) in [4.78, 5) is 16.3. The molecule has 2 aliphatic heterocycles. The summed E-state index contributed by atoms with van der Waals surface area (Å²) in [5.41, 5.74) is 1.94. The highest BCUT2D eigenvalue weighted by atomic mass is 16.5. The number of nitrogens with zero attached hydrogens (tertiary/aromatic N) is 7. The highest BCUT2D eigenvalue weighted by molar-refractivity contribution is 5.48. The Morgan fingerprint density at radius 1 is 0.731 bits per heavy atom. The van der Waals surface area contributed by atoms with Gasteiger partial charge in [0.2, 0.25) is 5.95 Å². The van der Waals surface area contributed by atoms with Crippen molar-refractivity contribution in [2.75, 3.05) is 67.2 Å². The lowest BCUT2D eigenvalue weighted by Gasteiger charge is -2.36. The Balaban J connectivity index is 1.45. The summed E-state index contributed by atoms with van der Waals surface area (Å²) in [7, 11) is 0. The molecule has 0 saturated carbocycles. The fraction of sp³-hybridized carbons (Fsp3) is 0.556. The molecule has 0 radical (unpaired) electrons. The highest BCUT2D eigenvalue weighted by Gasteiger charge is 2.22. The molecule has 8 heteroatoms. The largest absolute Gasteiger partial charge is 0.378 e. The number of piperazine rings is 1. The van der Waals surface area contributed by atoms with Crippen LogP contribution in [0, 0.1) is 13.8 Å². The summed E-state index contributed by atoms with van der Waals surface area (Å²) in [6.07, 6.45) is 0. The fourth-order valence-electron chi connectivity index (χ4n) is 3.33. The molecule has 0 spiro atoms. The molecule has 2 saturated heterocycles. The summed E-state index contributed by atoms with van der Waals surface area (Å²) in [6, 6.07) is 6.11. The molecule has 0 aromatic carbocycles. The van der Waals surface area contributed by atoms with Crippen molar-refractivity contribution in [3.8, 4) is 0 Å². The molecule has 0 unspecified atom stereocenters. The summed E-state index contributed by atoms with van der Waals surface area (Å²) in [5.74, 6) is 2.76. The molecule has 4 rings (SSSR count). The minimum absolute atomic E-state index is 0.759. The second-order valence-electron chi connectivity index (χ2n) is 6.77. The molecule has 0 bridgehead atoms. The van der Waals surface area contributed by atoms with Crippen LogP contribution in [-0.4, -0.2) is 72.6 Å². The van der Waals surface area contributed by atoms with E-state index in [2.05, 4.69) is 35.9 Å². The van der Waals surface area contributed by atoms with E-state index in [1.165, 1.54) is 0 Å². The normalized spacial score (nSPS) is 18.3. The van der Waals surface area contributed by atoms with Crippen LogP contribution >= 0.6 is 0 Å². The van der Waals surface area contributed by atoms with Gasteiger partial charge in [0, 0.05) is 51.0 Å². The van der Waals surface area contributed by atoms with Crippen molar-refractivity contribution >= 4 is 17.6 Å². The van der Waals surface area contributed by atoms with Crippen LogP contribution < -0.4 is 14.7 Å². The van der Waals surface area contributed by atoms with E-state index >= 15 is 0 Å². The molecule has 2 fully saturated rings. The number of aryl methyl sites for hydroxylation is 2. The summed E-state index contributed by atoms with van der Waals surface area (Å²) in [6.45, 7) is 10.8. The van der Waals surface area contributed by atoms with Gasteiger partial charge < -0.3 is 19.4 Å². The van der Waals surface area contributed by atoms with Crippen LogP contribution in [0.15, 0.2) is 18.2 Å². The average molecular weight is 355 g/mol. The number of morpholine rings is 1. The van der Waals surface area contributed by atoms with Crippen LogP contribution in [-0.2, 0) is 4.74 Å². The highest BCUT2D eigenvalue weighted by Crippen LogP contribution is 2.21. The van der Waals surface area contributed by atoms with Gasteiger partial charge in [0.05, 0.1) is 18.9 Å². The van der Waals surface area contributed by atoms with Crippen LogP contribution in [0.3, 0.4) is 0 Å². The maximum Gasteiger partial charge on any atom is 0.227 e. The van der Waals surface area contributed by atoms with Gasteiger partial charge in [-0.3, -0.25) is 0 Å². The third-order valence-corrected chi connectivity index (χ3v) is 4.83. The molecule has 2 aromatic rings. The third-order valence-electron chi connectivity index (χ3n) is 4.83. The van der Waals surface area contributed by atoms with Crippen molar-refractivity contribution in [3.05, 3.63) is 29.6 Å². The first-order valence-electron chi connectivity index (χ1n) is 9.18. The molecule has 0 aliphatic carbocycles. The van der Waals surface area contributed by atoms with Gasteiger partial charge in [-0.2, -0.15) is 10.1 Å². The number of aromatic nitrogens is 4. The zero-order chi connectivity index (χ0) is 17.9. The maximum absolute atomic E-state index is 5.45. The number of rotatable bonds is 3. The molecule has 0 N–H and O–H groups in total. The van der Waals surface area contributed by atoms with E-state index in [4.69, 9.17) is 9.72 Å². The minimum Gasteiger partial charge on any atom is -0.378 e. The zero-order valence-electron chi connectivity index (χ0n) is 15.4. The van der Waals surface area contributed by atoms with Gasteiger partial charge in [0.15, 0.2) is 5.82 Å². The lowest BCUT2D eigenvalue weighted by Crippen LogP contribution is -2.47. The van der Waals surface area contributed by atoms with E-state index in [1.54, 1.807) is 0 Å². The molecule has 0 amide bonds. The van der Waals surface area contributed by atoms with Crippen molar-refractivity contribution in [1.29, 1.82) is 0 Å². The van der Waals surface area contributed by atoms with Crippen LogP contribution in [0.4, 0.5) is 17.6 Å². The maximum atomic E-state index is 5.45. The van der Waals surface area contributed by atoms with Crippen molar-refractivity contribution < 1.29 is 4.74 Å². The molecule has 26 heavy (non-hydrogen) atoms. The topological polar surface area (TPSA) is 70.5 Å². The van der Waals surface area contributed by atoms with Crippen LogP contribution in [0.25, 0.3) is 0 Å². The lowest BCUT2D eigenvalue weighted by molar-refractivity contribution is 0.122. The van der Waals surface area contributed by atoms with Crippen LogP contribution in [0.1, 0.15) is 11.4 Å². The average Bonchev–Trinajstić information content (AvgIpc) is 2.69. The monoisotopic (exact) mass is 355 g/mol. The third kappa shape index (κ3) is 3.70. The number of ether oxygens (including phenoxy) is 1. The first-order chi connectivity index (χ1) is 12.7. The SMILES string of the molecule is Cc1ccc(N2CCN(c3nc(C)cc(N4CCOCC4)n3)CC2)nn1. The van der Waals surface area contributed by atoms with Gasteiger partial charge >= 0.3 is 0 Å². The van der Waals surface area contributed by atoms with E-state index < -0.39 is 0 Å². The predicted octanol–water partition coefficient (Wildman–Crippen LogP) is 1.05. The van der Waals surface area contributed by atoms with E-state index in [-0.39, 0.29) is 0 Å². The van der Waals surface area contributed by atoms with Crippen molar-refractivity contribution in [2.24, 2.45) is 0 Å². The van der Waals surface area contributed by atoms with E-state index in [1.807, 2.05) is 26.0 Å². The Morgan fingerprint density at radius 3 is 2.12 bits per heavy atom. The first-order valence-corrected chi connectivity index (χ1v) is 9.18. The molecule has 0 atom stereocenters. The van der Waals surface area contributed by atoms with E-state index in [0.717, 1.165) is 81.5 Å². The Labute approximate surface area is 153 Å². The number of hydrogen-bond acceptors (Lipinski definition) is 8. The van der Waals surface area contributed by atoms with Gasteiger partial charge in [-0.05, 0) is 26.0 Å². The first kappa shape index (κ1) is 17.0. The standard InChI is InChI=1S/C18H25N7O/c1-14-3-4-16(22-21-14)23-5-7-25(8-6-23)18-19-15(2)13-17(20-18)24-9-11-26-12-10-24/h3-4,13H,5-12H2,1-2H3. The van der Waals surface area contributed by atoms with E-state index in [0.29, 0.717) is 0 Å². The van der Waals surface area contributed by atoms with Gasteiger partial charge in [-0.15, -0.1) is 5.10 Å². The molecule has 2 aromatic heterocycles. The molecule has 4 heterocycles. The van der Waals surface area contributed by atoms with Gasteiger partial charge in [0.1, 0.15) is 5.82 Å². The second-order valence-corrected chi connectivity index (χ2v) is 6.77. The Bertz CT molecular complexity index is 738. The van der Waals surface area contributed by atoms with Crippen molar-refractivity contribution in [3.63, 3.8) is 0 Å². The lowest BCUT2D eigenvalue weighted by atomic mass is 10.3. The smallest absolute Gasteiger partial charge is 0.227 e. The number of anilines is 3. The minimum atomic E-state index is 0.759. The van der Waals surface area contributed by atoms with Crippen molar-refractivity contribution in [1.82, 2.24) is 20.2 Å². The molecular formula is C18H25N7O. The summed E-state index contributed by atoms with van der Waals surface area (Å²) >= 11 is 0. The molecule has 8 nitrogen and oxygen atoms in total. The van der Waals surface area contributed by atoms with Gasteiger partial charge in [-0.25, -0.2) is 4.98 Å². The van der Waals surface area contributed by atoms with Gasteiger partial charge in [0.25, 0.3) is 0 Å². The van der Waals surface area contributed by atoms with Crippen LogP contribution in [0.2, 0.25) is 0 Å². The quantitative estimate of drug-likeness (QED) is 0.809. The van der Waals surface area contributed by atoms with Crippen LogP contribution in [0.5, 0.6) is 0 Å². The Morgan fingerprint density at radius 2 is 1.42 bits per heavy atom. The van der Waals surface area contributed by atoms with Crippen molar-refractivity contribution in [2.45, 2.75) is 13.8 Å².